The van der Waals surface area contributed by atoms with Crippen LogP contribution in [0.4, 0.5) is 5.82 Å². The van der Waals surface area contributed by atoms with Crippen LogP contribution in [0.5, 0.6) is 5.88 Å². The van der Waals surface area contributed by atoms with Crippen molar-refractivity contribution < 1.29 is 9.47 Å². The van der Waals surface area contributed by atoms with Crippen LogP contribution in [0, 0.1) is 5.92 Å². The van der Waals surface area contributed by atoms with Crippen LogP contribution in [-0.2, 0) is 11.3 Å². The van der Waals surface area contributed by atoms with Crippen LogP contribution in [0.15, 0.2) is 6.07 Å². The Morgan fingerprint density at radius 2 is 1.91 bits per heavy atom. The summed E-state index contributed by atoms with van der Waals surface area (Å²) < 4.78 is 10.9. The SMILES string of the molecule is COCc1nc(NC2CCCCCC2)cc(OCC(C)C)n1. The number of nitrogens with one attached hydrogen (secondary N) is 1. The van der Waals surface area contributed by atoms with Gasteiger partial charge < -0.3 is 14.8 Å². The zero-order chi connectivity index (χ0) is 15.8. The van der Waals surface area contributed by atoms with Gasteiger partial charge in [0, 0.05) is 19.2 Å². The van der Waals surface area contributed by atoms with Gasteiger partial charge in [-0.25, -0.2) is 4.98 Å². The van der Waals surface area contributed by atoms with Crippen LogP contribution in [-0.4, -0.2) is 29.7 Å². The zero-order valence-corrected chi connectivity index (χ0v) is 14.1. The van der Waals surface area contributed by atoms with Gasteiger partial charge in [-0.1, -0.05) is 39.5 Å². The minimum atomic E-state index is 0.401. The summed E-state index contributed by atoms with van der Waals surface area (Å²) in [5.74, 6) is 2.62. The maximum Gasteiger partial charge on any atom is 0.218 e. The molecular formula is C17H29N3O2. The second-order valence-electron chi connectivity index (χ2n) is 6.48. The molecule has 1 N–H and O–H groups in total. The summed E-state index contributed by atoms with van der Waals surface area (Å²) in [5, 5.41) is 3.56. The van der Waals surface area contributed by atoms with Gasteiger partial charge in [-0.15, -0.1) is 0 Å². The maximum absolute atomic E-state index is 5.76. The first kappa shape index (κ1) is 17.0. The number of nitrogens with zero attached hydrogens (tertiary/aromatic N) is 2. The Kier molecular flexibility index (Phi) is 6.90. The molecule has 1 saturated carbocycles. The zero-order valence-electron chi connectivity index (χ0n) is 14.1. The summed E-state index contributed by atoms with van der Waals surface area (Å²) in [7, 11) is 1.66. The van der Waals surface area contributed by atoms with Crippen LogP contribution < -0.4 is 10.1 Å². The molecule has 0 radical (unpaired) electrons. The van der Waals surface area contributed by atoms with Crippen molar-refractivity contribution in [3.05, 3.63) is 11.9 Å². The standard InChI is InChI=1S/C17H29N3O2/c1-13(2)11-22-17-10-15(19-16(20-17)12-21-3)18-14-8-6-4-5-7-9-14/h10,13-14H,4-9,11-12H2,1-3H3,(H,18,19,20). The first-order chi connectivity index (χ1) is 10.7. The number of aromatic nitrogens is 2. The predicted octanol–water partition coefficient (Wildman–Crippen LogP) is 3.79. The highest BCUT2D eigenvalue weighted by atomic mass is 16.5. The summed E-state index contributed by atoms with van der Waals surface area (Å²) >= 11 is 0. The van der Waals surface area contributed by atoms with Gasteiger partial charge in [0.25, 0.3) is 0 Å². The fraction of sp³-hybridized carbons (Fsp3) is 0.765. The quantitative estimate of drug-likeness (QED) is 0.777. The highest BCUT2D eigenvalue weighted by Gasteiger charge is 2.14. The van der Waals surface area contributed by atoms with E-state index in [-0.39, 0.29) is 0 Å². The van der Waals surface area contributed by atoms with E-state index in [1.54, 1.807) is 7.11 Å². The van der Waals surface area contributed by atoms with Gasteiger partial charge in [0.2, 0.25) is 5.88 Å². The van der Waals surface area contributed by atoms with E-state index < -0.39 is 0 Å². The normalized spacial score (nSPS) is 16.5. The third kappa shape index (κ3) is 5.79. The van der Waals surface area contributed by atoms with Crippen molar-refractivity contribution in [2.75, 3.05) is 19.0 Å². The van der Waals surface area contributed by atoms with Crippen molar-refractivity contribution in [1.82, 2.24) is 9.97 Å². The van der Waals surface area contributed by atoms with E-state index in [9.17, 15) is 0 Å². The van der Waals surface area contributed by atoms with E-state index in [2.05, 4.69) is 29.1 Å². The Morgan fingerprint density at radius 1 is 1.18 bits per heavy atom. The number of hydrogen-bond donors (Lipinski definition) is 1. The van der Waals surface area contributed by atoms with Crippen molar-refractivity contribution in [3.8, 4) is 5.88 Å². The fourth-order valence-corrected chi connectivity index (χ4v) is 2.70. The van der Waals surface area contributed by atoms with E-state index >= 15 is 0 Å². The molecule has 0 atom stereocenters. The molecule has 1 aromatic heterocycles. The van der Waals surface area contributed by atoms with Crippen LogP contribution >= 0.6 is 0 Å². The summed E-state index contributed by atoms with van der Waals surface area (Å²) in [4.78, 5) is 8.96. The summed E-state index contributed by atoms with van der Waals surface area (Å²) in [5.41, 5.74) is 0. The van der Waals surface area contributed by atoms with Crippen molar-refractivity contribution in [2.45, 2.75) is 65.0 Å². The first-order valence-electron chi connectivity index (χ1n) is 8.43. The van der Waals surface area contributed by atoms with Crippen molar-refractivity contribution in [3.63, 3.8) is 0 Å². The molecule has 1 fully saturated rings. The Hall–Kier alpha value is -1.36. The molecule has 2 rings (SSSR count). The number of ether oxygens (including phenoxy) is 2. The molecule has 1 aliphatic carbocycles. The molecule has 22 heavy (non-hydrogen) atoms. The largest absolute Gasteiger partial charge is 0.477 e. The molecule has 0 amide bonds. The number of rotatable bonds is 7. The number of anilines is 1. The second-order valence-corrected chi connectivity index (χ2v) is 6.48. The minimum Gasteiger partial charge on any atom is -0.477 e. The van der Waals surface area contributed by atoms with Gasteiger partial charge >= 0.3 is 0 Å². The molecule has 1 aliphatic rings. The minimum absolute atomic E-state index is 0.401. The van der Waals surface area contributed by atoms with E-state index in [1.807, 2.05) is 6.07 Å². The summed E-state index contributed by atoms with van der Waals surface area (Å²) in [6.45, 7) is 5.31. The Balaban J connectivity index is 2.06. The van der Waals surface area contributed by atoms with Gasteiger partial charge in [-0.2, -0.15) is 4.98 Å². The van der Waals surface area contributed by atoms with Crippen LogP contribution in [0.3, 0.4) is 0 Å². The van der Waals surface area contributed by atoms with E-state index in [1.165, 1.54) is 38.5 Å². The lowest BCUT2D eigenvalue weighted by atomic mass is 10.1. The molecule has 124 valence electrons. The van der Waals surface area contributed by atoms with Gasteiger partial charge in [0.15, 0.2) is 5.82 Å². The predicted molar refractivity (Wildman–Crippen MR) is 88.2 cm³/mol. The maximum atomic E-state index is 5.76. The first-order valence-corrected chi connectivity index (χ1v) is 8.43. The second kappa shape index (κ2) is 8.93. The lowest BCUT2D eigenvalue weighted by Crippen LogP contribution is -2.20. The van der Waals surface area contributed by atoms with Crippen LogP contribution in [0.25, 0.3) is 0 Å². The van der Waals surface area contributed by atoms with Crippen LogP contribution in [0.1, 0.15) is 58.2 Å². The monoisotopic (exact) mass is 307 g/mol. The lowest BCUT2D eigenvalue weighted by molar-refractivity contribution is 0.175. The molecular weight excluding hydrogens is 278 g/mol. The topological polar surface area (TPSA) is 56.3 Å². The molecule has 0 spiro atoms. The third-order valence-electron chi connectivity index (χ3n) is 3.79. The smallest absolute Gasteiger partial charge is 0.218 e. The van der Waals surface area contributed by atoms with Gasteiger partial charge in [-0.05, 0) is 18.8 Å². The Bertz CT molecular complexity index is 444. The van der Waals surface area contributed by atoms with Crippen molar-refractivity contribution >= 4 is 5.82 Å². The van der Waals surface area contributed by atoms with E-state index in [0.717, 1.165) is 5.82 Å². The summed E-state index contributed by atoms with van der Waals surface area (Å²) in [6, 6.07) is 2.41. The summed E-state index contributed by atoms with van der Waals surface area (Å²) in [6.07, 6.45) is 7.71. The molecule has 0 unspecified atom stereocenters. The molecule has 0 bridgehead atoms. The molecule has 5 heteroatoms. The molecule has 0 aromatic carbocycles. The van der Waals surface area contributed by atoms with Crippen LogP contribution in [0.2, 0.25) is 0 Å². The average Bonchev–Trinajstić information content (AvgIpc) is 2.74. The Labute approximate surface area is 133 Å². The van der Waals surface area contributed by atoms with Gasteiger partial charge in [-0.3, -0.25) is 0 Å². The lowest BCUT2D eigenvalue weighted by Gasteiger charge is -2.18. The third-order valence-corrected chi connectivity index (χ3v) is 3.79. The molecule has 0 aliphatic heterocycles. The number of methoxy groups -OCH3 is 1. The highest BCUT2D eigenvalue weighted by Crippen LogP contribution is 2.22. The fourth-order valence-electron chi connectivity index (χ4n) is 2.70. The van der Waals surface area contributed by atoms with Crippen molar-refractivity contribution in [1.29, 1.82) is 0 Å². The molecule has 1 aromatic rings. The molecule has 1 heterocycles. The number of hydrogen-bond acceptors (Lipinski definition) is 5. The Morgan fingerprint density at radius 3 is 2.55 bits per heavy atom. The van der Waals surface area contributed by atoms with E-state index in [0.29, 0.717) is 36.9 Å². The van der Waals surface area contributed by atoms with Crippen molar-refractivity contribution in [2.24, 2.45) is 5.92 Å². The van der Waals surface area contributed by atoms with Gasteiger partial charge in [0.1, 0.15) is 12.4 Å². The molecule has 5 nitrogen and oxygen atoms in total. The average molecular weight is 307 g/mol. The highest BCUT2D eigenvalue weighted by molar-refractivity contribution is 5.39. The van der Waals surface area contributed by atoms with Gasteiger partial charge in [0.05, 0.1) is 6.61 Å². The van der Waals surface area contributed by atoms with E-state index in [4.69, 9.17) is 9.47 Å². The molecule has 0 saturated heterocycles.